The highest BCUT2D eigenvalue weighted by Gasteiger charge is 2.18. The van der Waals surface area contributed by atoms with Crippen molar-refractivity contribution < 1.29 is 4.79 Å². The summed E-state index contributed by atoms with van der Waals surface area (Å²) in [6.45, 7) is 1.86. The highest BCUT2D eigenvalue weighted by atomic mass is 32.1. The predicted octanol–water partition coefficient (Wildman–Crippen LogP) is 2.22. The van der Waals surface area contributed by atoms with Crippen LogP contribution in [0.4, 0.5) is 0 Å². The number of carbonyl (C=O) groups excluding carboxylic acids is 1. The van der Waals surface area contributed by atoms with Crippen molar-refractivity contribution in [3.8, 4) is 0 Å². The Morgan fingerprint density at radius 3 is 3.24 bits per heavy atom. The number of H-pyrrole nitrogens is 1. The number of thiazole rings is 1. The molecule has 21 heavy (non-hydrogen) atoms. The molecule has 4 aromatic heterocycles. The lowest BCUT2D eigenvalue weighted by Crippen LogP contribution is -2.26. The minimum atomic E-state index is -0.224. The average molecular weight is 318 g/mol. The number of fused-ring (bicyclic) bond motifs is 3. The number of thiophene rings is 1. The molecule has 0 aliphatic heterocycles. The number of nitrogens with zero attached hydrogens (tertiary/aromatic N) is 4. The summed E-state index contributed by atoms with van der Waals surface area (Å²) in [6, 6.07) is 1.65. The van der Waals surface area contributed by atoms with Gasteiger partial charge in [-0.15, -0.1) is 22.7 Å². The maximum Gasteiger partial charge on any atom is 0.262 e. The molecule has 4 heterocycles. The van der Waals surface area contributed by atoms with Crippen molar-refractivity contribution >= 4 is 43.9 Å². The zero-order chi connectivity index (χ0) is 14.4. The van der Waals surface area contributed by atoms with Crippen LogP contribution < -0.4 is 5.32 Å². The molecule has 0 fully saturated rings. The van der Waals surface area contributed by atoms with Crippen LogP contribution in [0.5, 0.6) is 0 Å². The van der Waals surface area contributed by atoms with Gasteiger partial charge >= 0.3 is 0 Å². The molecule has 0 saturated heterocycles. The molecule has 4 rings (SSSR count). The van der Waals surface area contributed by atoms with Crippen LogP contribution in [0.2, 0.25) is 0 Å². The van der Waals surface area contributed by atoms with Crippen LogP contribution in [0.15, 0.2) is 24.0 Å². The van der Waals surface area contributed by atoms with Crippen molar-refractivity contribution in [2.45, 2.75) is 13.0 Å². The van der Waals surface area contributed by atoms with E-state index in [1.165, 1.54) is 17.7 Å². The van der Waals surface area contributed by atoms with Gasteiger partial charge in [0.05, 0.1) is 16.4 Å². The Hall–Kier alpha value is -2.26. The van der Waals surface area contributed by atoms with Crippen LogP contribution in [-0.2, 0) is 0 Å². The van der Waals surface area contributed by atoms with E-state index in [4.69, 9.17) is 0 Å². The second kappa shape index (κ2) is 4.64. The largest absolute Gasteiger partial charge is 0.342 e. The minimum absolute atomic E-state index is 0.133. The first-order valence-corrected chi connectivity index (χ1v) is 7.93. The van der Waals surface area contributed by atoms with Crippen molar-refractivity contribution in [3.05, 3.63) is 34.7 Å². The standard InChI is InChI=1S/C12H10N6OS2/c1-6(9-13-5-14-17-9)15-10(19)8-4-7-11(21-8)16-12-18(7)2-3-20-12/h2-6H,1H3,(H,15,19)(H,13,14,17). The molecule has 0 saturated carbocycles. The minimum Gasteiger partial charge on any atom is -0.342 e. The number of amides is 1. The third-order valence-corrected chi connectivity index (χ3v) is 4.93. The molecule has 106 valence electrons. The van der Waals surface area contributed by atoms with Gasteiger partial charge in [0, 0.05) is 11.6 Å². The second-order valence-electron chi connectivity index (χ2n) is 4.53. The van der Waals surface area contributed by atoms with Crippen LogP contribution >= 0.6 is 22.7 Å². The molecule has 0 radical (unpaired) electrons. The quantitative estimate of drug-likeness (QED) is 0.606. The summed E-state index contributed by atoms with van der Waals surface area (Å²) < 4.78 is 1.99. The molecule has 0 aliphatic carbocycles. The van der Waals surface area contributed by atoms with E-state index < -0.39 is 0 Å². The topological polar surface area (TPSA) is 88.0 Å². The average Bonchev–Trinajstić information content (AvgIpc) is 3.20. The SMILES string of the molecule is CC(NC(=O)c1cc2c(nc3sccn32)s1)c1ncn[nH]1. The molecule has 0 aromatic carbocycles. The van der Waals surface area contributed by atoms with E-state index in [2.05, 4.69) is 25.5 Å². The van der Waals surface area contributed by atoms with E-state index in [0.717, 1.165) is 15.3 Å². The molecule has 0 bridgehead atoms. The number of carbonyl (C=O) groups is 1. The van der Waals surface area contributed by atoms with Gasteiger partial charge in [0.25, 0.3) is 5.91 Å². The lowest BCUT2D eigenvalue weighted by molar-refractivity contribution is 0.0942. The van der Waals surface area contributed by atoms with E-state index in [9.17, 15) is 4.79 Å². The van der Waals surface area contributed by atoms with Gasteiger partial charge in [-0.05, 0) is 13.0 Å². The monoisotopic (exact) mass is 318 g/mol. The second-order valence-corrected chi connectivity index (χ2v) is 6.44. The van der Waals surface area contributed by atoms with Crippen LogP contribution in [0.25, 0.3) is 15.3 Å². The van der Waals surface area contributed by atoms with Gasteiger partial charge in [0.1, 0.15) is 17.0 Å². The fourth-order valence-corrected chi connectivity index (χ4v) is 3.82. The van der Waals surface area contributed by atoms with Crippen LogP contribution in [0.1, 0.15) is 28.5 Å². The predicted molar refractivity (Wildman–Crippen MR) is 80.7 cm³/mol. The van der Waals surface area contributed by atoms with Gasteiger partial charge in [0.15, 0.2) is 4.96 Å². The molecular formula is C12H10N6OS2. The lowest BCUT2D eigenvalue weighted by atomic mass is 10.3. The maximum absolute atomic E-state index is 12.3. The number of nitrogens with one attached hydrogen (secondary N) is 2. The highest BCUT2D eigenvalue weighted by Crippen LogP contribution is 2.28. The Bertz CT molecular complexity index is 918. The van der Waals surface area contributed by atoms with Crippen LogP contribution in [-0.4, -0.2) is 30.5 Å². The van der Waals surface area contributed by atoms with Gasteiger partial charge in [-0.2, -0.15) is 5.10 Å². The summed E-state index contributed by atoms with van der Waals surface area (Å²) in [5, 5.41) is 11.4. The van der Waals surface area contributed by atoms with Gasteiger partial charge in [-0.3, -0.25) is 14.3 Å². The number of aromatic nitrogens is 5. The third-order valence-electron chi connectivity index (χ3n) is 3.15. The van der Waals surface area contributed by atoms with E-state index >= 15 is 0 Å². The summed E-state index contributed by atoms with van der Waals surface area (Å²) in [6.07, 6.45) is 3.38. The van der Waals surface area contributed by atoms with Gasteiger partial charge < -0.3 is 5.32 Å². The Balaban J connectivity index is 1.63. The fraction of sp³-hybridized carbons (Fsp3) is 0.167. The zero-order valence-corrected chi connectivity index (χ0v) is 12.5. The highest BCUT2D eigenvalue weighted by molar-refractivity contribution is 7.21. The Morgan fingerprint density at radius 2 is 2.43 bits per heavy atom. The number of imidazole rings is 1. The summed E-state index contributed by atoms with van der Waals surface area (Å²) in [7, 11) is 0. The van der Waals surface area contributed by atoms with Gasteiger partial charge in [0.2, 0.25) is 0 Å². The molecule has 2 N–H and O–H groups in total. The molecule has 7 nitrogen and oxygen atoms in total. The summed E-state index contributed by atoms with van der Waals surface area (Å²) in [5.41, 5.74) is 0.966. The van der Waals surface area contributed by atoms with Gasteiger partial charge in [-0.25, -0.2) is 9.97 Å². The Kier molecular flexibility index (Phi) is 2.76. The van der Waals surface area contributed by atoms with Gasteiger partial charge in [-0.1, -0.05) is 0 Å². The first-order valence-electron chi connectivity index (χ1n) is 6.23. The molecule has 0 aliphatic rings. The Morgan fingerprint density at radius 1 is 1.52 bits per heavy atom. The molecule has 4 aromatic rings. The van der Waals surface area contributed by atoms with Crippen LogP contribution in [0, 0.1) is 0 Å². The molecule has 1 unspecified atom stereocenters. The molecule has 1 amide bonds. The molecule has 1 atom stereocenters. The number of rotatable bonds is 3. The van der Waals surface area contributed by atoms with Crippen LogP contribution in [0.3, 0.4) is 0 Å². The number of hydrogen-bond acceptors (Lipinski definition) is 6. The molecular weight excluding hydrogens is 308 g/mol. The fourth-order valence-electron chi connectivity index (χ4n) is 2.12. The Labute approximate surface area is 126 Å². The van der Waals surface area contributed by atoms with E-state index in [0.29, 0.717) is 10.7 Å². The maximum atomic E-state index is 12.3. The number of hydrogen-bond donors (Lipinski definition) is 2. The molecule has 0 spiro atoms. The van der Waals surface area contributed by atoms with Crippen molar-refractivity contribution in [1.29, 1.82) is 0 Å². The van der Waals surface area contributed by atoms with Crippen molar-refractivity contribution in [2.24, 2.45) is 0 Å². The van der Waals surface area contributed by atoms with Crippen molar-refractivity contribution in [3.63, 3.8) is 0 Å². The van der Waals surface area contributed by atoms with Crippen molar-refractivity contribution in [1.82, 2.24) is 29.9 Å². The van der Waals surface area contributed by atoms with Crippen molar-refractivity contribution in [2.75, 3.05) is 0 Å². The van der Waals surface area contributed by atoms with E-state index in [1.54, 1.807) is 11.3 Å². The summed E-state index contributed by atoms with van der Waals surface area (Å²) >= 11 is 2.97. The third kappa shape index (κ3) is 2.01. The first kappa shape index (κ1) is 12.5. The zero-order valence-electron chi connectivity index (χ0n) is 10.9. The first-order chi connectivity index (χ1) is 10.2. The van der Waals surface area contributed by atoms with E-state index in [1.807, 2.05) is 29.0 Å². The summed E-state index contributed by atoms with van der Waals surface area (Å²) in [5.74, 6) is 0.498. The number of aromatic amines is 1. The summed E-state index contributed by atoms with van der Waals surface area (Å²) in [4.78, 5) is 23.3. The normalized spacial score (nSPS) is 13.0. The lowest BCUT2D eigenvalue weighted by Gasteiger charge is -2.09. The smallest absolute Gasteiger partial charge is 0.262 e. The molecule has 9 heteroatoms. The van der Waals surface area contributed by atoms with E-state index in [-0.39, 0.29) is 11.9 Å².